The molecule has 0 saturated heterocycles. The number of aliphatic hydroxyl groups excluding tert-OH is 1. The van der Waals surface area contributed by atoms with E-state index in [0.29, 0.717) is 13.0 Å². The van der Waals surface area contributed by atoms with Gasteiger partial charge < -0.3 is 15.3 Å². The number of furan rings is 1. The van der Waals surface area contributed by atoms with Crippen molar-refractivity contribution in [2.24, 2.45) is 5.73 Å². The van der Waals surface area contributed by atoms with Crippen molar-refractivity contribution in [1.29, 1.82) is 0 Å². The maximum Gasteiger partial charge on any atom is 0.107 e. The molecule has 3 N–H and O–H groups in total. The van der Waals surface area contributed by atoms with Crippen LogP contribution >= 0.6 is 0 Å². The maximum atomic E-state index is 9.76. The van der Waals surface area contributed by atoms with Crippen LogP contribution in [0.1, 0.15) is 35.2 Å². The normalized spacial score (nSPS) is 13.3. The molecule has 1 rings (SSSR count). The van der Waals surface area contributed by atoms with Crippen LogP contribution in [0.15, 0.2) is 4.42 Å². The predicted octanol–water partition coefficient (Wildman–Crippen LogP) is 1.59. The summed E-state index contributed by atoms with van der Waals surface area (Å²) in [6, 6.07) is 0. The number of nitrogens with two attached hydrogens (primary N) is 1. The van der Waals surface area contributed by atoms with E-state index in [4.69, 9.17) is 10.2 Å². The van der Waals surface area contributed by atoms with E-state index in [2.05, 4.69) is 0 Å². The molecule has 1 aromatic rings. The van der Waals surface area contributed by atoms with Crippen LogP contribution in [0.25, 0.3) is 0 Å². The molecular formula is C10H17NO2. The van der Waals surface area contributed by atoms with Gasteiger partial charge in [-0.15, -0.1) is 0 Å². The SMILES string of the molecule is Cc1oc(C)c(C(O)CCN)c1C. The molecule has 0 aliphatic rings. The summed E-state index contributed by atoms with van der Waals surface area (Å²) in [6.45, 7) is 6.22. The third-order valence-corrected chi connectivity index (χ3v) is 2.39. The Morgan fingerprint density at radius 3 is 2.31 bits per heavy atom. The minimum Gasteiger partial charge on any atom is -0.466 e. The van der Waals surface area contributed by atoms with Gasteiger partial charge in [0.25, 0.3) is 0 Å². The fraction of sp³-hybridized carbons (Fsp3) is 0.600. The highest BCUT2D eigenvalue weighted by molar-refractivity contribution is 5.33. The fourth-order valence-corrected chi connectivity index (χ4v) is 1.60. The fourth-order valence-electron chi connectivity index (χ4n) is 1.60. The van der Waals surface area contributed by atoms with Crippen molar-refractivity contribution < 1.29 is 9.52 Å². The Kier molecular flexibility index (Phi) is 3.12. The molecule has 0 bridgehead atoms. The molecular weight excluding hydrogens is 166 g/mol. The van der Waals surface area contributed by atoms with E-state index in [1.165, 1.54) is 0 Å². The second-order valence-corrected chi connectivity index (χ2v) is 3.35. The number of hydrogen-bond donors (Lipinski definition) is 2. The van der Waals surface area contributed by atoms with Gasteiger partial charge in [-0.1, -0.05) is 0 Å². The first-order chi connectivity index (χ1) is 6.07. The number of hydrogen-bond acceptors (Lipinski definition) is 3. The Labute approximate surface area is 78.5 Å². The Morgan fingerprint density at radius 1 is 1.31 bits per heavy atom. The Balaban J connectivity index is 2.98. The van der Waals surface area contributed by atoms with E-state index >= 15 is 0 Å². The van der Waals surface area contributed by atoms with Crippen molar-refractivity contribution in [1.82, 2.24) is 0 Å². The van der Waals surface area contributed by atoms with Crippen molar-refractivity contribution >= 4 is 0 Å². The zero-order chi connectivity index (χ0) is 10.0. The molecule has 13 heavy (non-hydrogen) atoms. The minimum absolute atomic E-state index is 0.484. The summed E-state index contributed by atoms with van der Waals surface area (Å²) in [4.78, 5) is 0. The lowest BCUT2D eigenvalue weighted by atomic mass is 10.0. The first-order valence-electron chi connectivity index (χ1n) is 4.52. The average molecular weight is 183 g/mol. The molecule has 74 valence electrons. The molecule has 1 heterocycles. The largest absolute Gasteiger partial charge is 0.466 e. The van der Waals surface area contributed by atoms with Crippen LogP contribution in [0, 0.1) is 20.8 Å². The smallest absolute Gasteiger partial charge is 0.107 e. The molecule has 3 heteroatoms. The third-order valence-electron chi connectivity index (χ3n) is 2.39. The molecule has 0 amide bonds. The van der Waals surface area contributed by atoms with Crippen molar-refractivity contribution in [2.75, 3.05) is 6.54 Å². The summed E-state index contributed by atoms with van der Waals surface area (Å²) in [7, 11) is 0. The quantitative estimate of drug-likeness (QED) is 0.748. The summed E-state index contributed by atoms with van der Waals surface area (Å²) < 4.78 is 5.41. The second kappa shape index (κ2) is 3.94. The van der Waals surface area contributed by atoms with Gasteiger partial charge in [-0.3, -0.25) is 0 Å². The highest BCUT2D eigenvalue weighted by Gasteiger charge is 2.17. The van der Waals surface area contributed by atoms with Gasteiger partial charge in [0.2, 0.25) is 0 Å². The topological polar surface area (TPSA) is 59.4 Å². The Hall–Kier alpha value is -0.800. The van der Waals surface area contributed by atoms with Gasteiger partial charge in [0.05, 0.1) is 6.10 Å². The van der Waals surface area contributed by atoms with Gasteiger partial charge in [-0.25, -0.2) is 0 Å². The lowest BCUT2D eigenvalue weighted by Crippen LogP contribution is -2.07. The van der Waals surface area contributed by atoms with E-state index in [1.54, 1.807) is 0 Å². The zero-order valence-electron chi connectivity index (χ0n) is 8.42. The van der Waals surface area contributed by atoms with E-state index in [0.717, 1.165) is 22.6 Å². The summed E-state index contributed by atoms with van der Waals surface area (Å²) in [5.41, 5.74) is 7.33. The van der Waals surface area contributed by atoms with Gasteiger partial charge >= 0.3 is 0 Å². The molecule has 3 nitrogen and oxygen atoms in total. The first kappa shape index (κ1) is 10.3. The third kappa shape index (κ3) is 1.92. The van der Waals surface area contributed by atoms with Crippen LogP contribution in [0.4, 0.5) is 0 Å². The van der Waals surface area contributed by atoms with E-state index < -0.39 is 6.10 Å². The van der Waals surface area contributed by atoms with Crippen molar-refractivity contribution in [3.63, 3.8) is 0 Å². The van der Waals surface area contributed by atoms with Crippen LogP contribution in [0.5, 0.6) is 0 Å². The zero-order valence-corrected chi connectivity index (χ0v) is 8.42. The monoisotopic (exact) mass is 183 g/mol. The average Bonchev–Trinajstić information content (AvgIpc) is 2.27. The maximum absolute atomic E-state index is 9.76. The lowest BCUT2D eigenvalue weighted by molar-refractivity contribution is 0.168. The van der Waals surface area contributed by atoms with Gasteiger partial charge in [0.1, 0.15) is 11.5 Å². The number of aliphatic hydroxyl groups is 1. The van der Waals surface area contributed by atoms with Crippen molar-refractivity contribution in [3.05, 3.63) is 22.6 Å². The molecule has 0 aliphatic heterocycles. The van der Waals surface area contributed by atoms with Crippen LogP contribution < -0.4 is 5.73 Å². The van der Waals surface area contributed by atoms with Crippen molar-refractivity contribution in [2.45, 2.75) is 33.3 Å². The highest BCUT2D eigenvalue weighted by atomic mass is 16.3. The summed E-state index contributed by atoms with van der Waals surface area (Å²) in [5.74, 6) is 1.68. The minimum atomic E-state index is -0.484. The molecule has 0 aromatic carbocycles. The summed E-state index contributed by atoms with van der Waals surface area (Å²) in [6.07, 6.45) is 0.100. The molecule has 0 saturated carbocycles. The summed E-state index contributed by atoms with van der Waals surface area (Å²) in [5, 5.41) is 9.76. The lowest BCUT2D eigenvalue weighted by Gasteiger charge is -2.08. The van der Waals surface area contributed by atoms with Crippen LogP contribution in [-0.2, 0) is 0 Å². The number of aryl methyl sites for hydroxylation is 2. The van der Waals surface area contributed by atoms with Gasteiger partial charge in [-0.2, -0.15) is 0 Å². The van der Waals surface area contributed by atoms with Crippen molar-refractivity contribution in [3.8, 4) is 0 Å². The predicted molar refractivity (Wildman–Crippen MR) is 51.6 cm³/mol. The van der Waals surface area contributed by atoms with Gasteiger partial charge in [-0.05, 0) is 39.3 Å². The van der Waals surface area contributed by atoms with Gasteiger partial charge in [0.15, 0.2) is 0 Å². The number of rotatable bonds is 3. The first-order valence-corrected chi connectivity index (χ1v) is 4.52. The highest BCUT2D eigenvalue weighted by Crippen LogP contribution is 2.28. The molecule has 1 unspecified atom stereocenters. The molecule has 0 fully saturated rings. The van der Waals surface area contributed by atoms with E-state index in [1.807, 2.05) is 20.8 Å². The molecule has 1 aromatic heterocycles. The molecule has 0 aliphatic carbocycles. The van der Waals surface area contributed by atoms with Crippen LogP contribution in [0.3, 0.4) is 0 Å². The molecule has 0 spiro atoms. The second-order valence-electron chi connectivity index (χ2n) is 3.35. The Morgan fingerprint density at radius 2 is 1.92 bits per heavy atom. The molecule has 1 atom stereocenters. The van der Waals surface area contributed by atoms with E-state index in [9.17, 15) is 5.11 Å². The summed E-state index contributed by atoms with van der Waals surface area (Å²) >= 11 is 0. The van der Waals surface area contributed by atoms with Gasteiger partial charge in [0, 0.05) is 5.56 Å². The van der Waals surface area contributed by atoms with Crippen LogP contribution in [-0.4, -0.2) is 11.7 Å². The van der Waals surface area contributed by atoms with E-state index in [-0.39, 0.29) is 0 Å². The standard InChI is InChI=1S/C10H17NO2/c1-6-7(2)13-8(3)10(6)9(12)4-5-11/h9,12H,4-5,11H2,1-3H3. The Bertz CT molecular complexity index is 291. The van der Waals surface area contributed by atoms with Crippen LogP contribution in [0.2, 0.25) is 0 Å². The molecule has 0 radical (unpaired) electrons.